The minimum atomic E-state index is 0.396. The molecule has 3 heterocycles. The number of rotatable bonds is 1. The van der Waals surface area contributed by atoms with E-state index in [4.69, 9.17) is 11.6 Å². The highest BCUT2D eigenvalue weighted by molar-refractivity contribution is 6.32. The van der Waals surface area contributed by atoms with Crippen molar-refractivity contribution in [2.45, 2.75) is 0 Å². The number of halogens is 1. The van der Waals surface area contributed by atoms with Gasteiger partial charge in [-0.05, 0) is 0 Å². The number of H-pyrrole nitrogens is 1. The second-order valence-electron chi connectivity index (χ2n) is 3.04. The molecule has 0 saturated carbocycles. The van der Waals surface area contributed by atoms with E-state index in [-0.39, 0.29) is 0 Å². The first-order chi connectivity index (χ1) is 8.36. The van der Waals surface area contributed by atoms with Gasteiger partial charge in [-0.3, -0.25) is 9.50 Å². The third kappa shape index (κ3) is 1.86. The quantitative estimate of drug-likeness (QED) is 0.668. The van der Waals surface area contributed by atoms with E-state index in [1.54, 1.807) is 24.8 Å². The van der Waals surface area contributed by atoms with E-state index < -0.39 is 0 Å². The smallest absolute Gasteiger partial charge is 0.175 e. The standard InChI is InChI=1S/C9H6ClN5.C2H2/c10-8-9-12-5-7(6-3-13-14-4-6)15(9)2-1-11-8;1-2/h1-5H,(H,13,14);1-2H. The maximum absolute atomic E-state index is 5.91. The first-order valence-electron chi connectivity index (χ1n) is 4.66. The molecule has 84 valence electrons. The lowest BCUT2D eigenvalue weighted by Crippen LogP contribution is -1.89. The Labute approximate surface area is 102 Å². The number of fused-ring (bicyclic) bond motifs is 1. The van der Waals surface area contributed by atoms with Crippen LogP contribution in [-0.4, -0.2) is 24.6 Å². The monoisotopic (exact) mass is 245 g/mol. The fraction of sp³-hybridized carbons (Fsp3) is 0. The molecular weight excluding hydrogens is 238 g/mol. The first-order valence-corrected chi connectivity index (χ1v) is 5.04. The lowest BCUT2D eigenvalue weighted by atomic mass is 10.3. The Balaban J connectivity index is 0.000000514. The molecule has 0 bridgehead atoms. The maximum Gasteiger partial charge on any atom is 0.175 e. The predicted octanol–water partition coefficient (Wildman–Crippen LogP) is 2.02. The number of hydrogen-bond acceptors (Lipinski definition) is 3. The van der Waals surface area contributed by atoms with Crippen molar-refractivity contribution in [3.8, 4) is 24.1 Å². The number of terminal acetylenes is 1. The molecule has 3 aromatic heterocycles. The van der Waals surface area contributed by atoms with Gasteiger partial charge in [-0.2, -0.15) is 5.10 Å². The van der Waals surface area contributed by atoms with Gasteiger partial charge in [-0.15, -0.1) is 12.8 Å². The van der Waals surface area contributed by atoms with Gasteiger partial charge in [0.25, 0.3) is 0 Å². The molecule has 3 aromatic rings. The van der Waals surface area contributed by atoms with Gasteiger partial charge >= 0.3 is 0 Å². The maximum atomic E-state index is 5.91. The summed E-state index contributed by atoms with van der Waals surface area (Å²) in [5, 5.41) is 7.05. The average molecular weight is 246 g/mol. The lowest BCUT2D eigenvalue weighted by molar-refractivity contribution is 1.09. The van der Waals surface area contributed by atoms with Crippen molar-refractivity contribution in [1.82, 2.24) is 24.6 Å². The van der Waals surface area contributed by atoms with Crippen LogP contribution in [0.1, 0.15) is 0 Å². The summed E-state index contributed by atoms with van der Waals surface area (Å²) in [7, 11) is 0. The molecule has 6 heteroatoms. The van der Waals surface area contributed by atoms with Crippen LogP contribution in [0.3, 0.4) is 0 Å². The summed E-state index contributed by atoms with van der Waals surface area (Å²) in [6.45, 7) is 0. The molecule has 0 atom stereocenters. The molecule has 17 heavy (non-hydrogen) atoms. The van der Waals surface area contributed by atoms with E-state index in [1.807, 2.05) is 10.6 Å². The van der Waals surface area contributed by atoms with Crippen LogP contribution in [0.25, 0.3) is 16.9 Å². The Kier molecular flexibility index (Phi) is 3.08. The fourth-order valence-corrected chi connectivity index (χ4v) is 1.69. The molecule has 0 aliphatic rings. The molecule has 0 spiro atoms. The molecule has 0 radical (unpaired) electrons. The van der Waals surface area contributed by atoms with Gasteiger partial charge < -0.3 is 0 Å². The number of aromatic amines is 1. The molecule has 0 saturated heterocycles. The highest BCUT2D eigenvalue weighted by atomic mass is 35.5. The summed E-state index contributed by atoms with van der Waals surface area (Å²) in [5.74, 6) is 0. The number of nitrogens with zero attached hydrogens (tertiary/aromatic N) is 4. The van der Waals surface area contributed by atoms with Crippen LogP contribution < -0.4 is 0 Å². The summed E-state index contributed by atoms with van der Waals surface area (Å²) < 4.78 is 1.88. The number of hydrogen-bond donors (Lipinski definition) is 1. The predicted molar refractivity (Wildman–Crippen MR) is 65.5 cm³/mol. The molecule has 0 aliphatic carbocycles. The molecule has 0 aliphatic heterocycles. The molecule has 0 fully saturated rings. The Morgan fingerprint density at radius 3 is 2.76 bits per heavy atom. The number of aromatic nitrogens is 5. The van der Waals surface area contributed by atoms with Crippen molar-refractivity contribution in [2.75, 3.05) is 0 Å². The summed E-state index contributed by atoms with van der Waals surface area (Å²) in [6.07, 6.45) is 16.7. The number of nitrogens with one attached hydrogen (secondary N) is 1. The highest BCUT2D eigenvalue weighted by Crippen LogP contribution is 2.21. The van der Waals surface area contributed by atoms with E-state index in [0.29, 0.717) is 10.8 Å². The average Bonchev–Trinajstić information content (AvgIpc) is 3.00. The van der Waals surface area contributed by atoms with Crippen LogP contribution in [0.4, 0.5) is 0 Å². The summed E-state index contributed by atoms with van der Waals surface area (Å²) in [6, 6.07) is 0. The fourth-order valence-electron chi connectivity index (χ4n) is 1.49. The second kappa shape index (κ2) is 4.68. The van der Waals surface area contributed by atoms with Crippen molar-refractivity contribution >= 4 is 17.2 Å². The van der Waals surface area contributed by atoms with E-state index in [9.17, 15) is 0 Å². The Morgan fingerprint density at radius 1 is 1.24 bits per heavy atom. The van der Waals surface area contributed by atoms with E-state index in [2.05, 4.69) is 33.0 Å². The highest BCUT2D eigenvalue weighted by Gasteiger charge is 2.08. The summed E-state index contributed by atoms with van der Waals surface area (Å²) >= 11 is 5.91. The van der Waals surface area contributed by atoms with Crippen molar-refractivity contribution in [1.29, 1.82) is 0 Å². The van der Waals surface area contributed by atoms with Gasteiger partial charge in [0, 0.05) is 24.2 Å². The number of imidazole rings is 1. The van der Waals surface area contributed by atoms with Crippen LogP contribution in [0.2, 0.25) is 5.15 Å². The van der Waals surface area contributed by atoms with Gasteiger partial charge in [0.2, 0.25) is 0 Å². The SMILES string of the molecule is C#C.Clc1nccn2c(-c3cn[nH]c3)cnc12. The molecule has 5 nitrogen and oxygen atoms in total. The third-order valence-electron chi connectivity index (χ3n) is 2.18. The molecule has 1 N–H and O–H groups in total. The van der Waals surface area contributed by atoms with E-state index in [0.717, 1.165) is 11.3 Å². The van der Waals surface area contributed by atoms with Crippen LogP contribution in [0.15, 0.2) is 31.0 Å². The first kappa shape index (κ1) is 11.2. The zero-order valence-corrected chi connectivity index (χ0v) is 9.46. The largest absolute Gasteiger partial charge is 0.295 e. The zero-order chi connectivity index (χ0) is 12.3. The second-order valence-corrected chi connectivity index (χ2v) is 3.40. The van der Waals surface area contributed by atoms with Gasteiger partial charge in [0.15, 0.2) is 10.8 Å². The van der Waals surface area contributed by atoms with Gasteiger partial charge in [-0.25, -0.2) is 9.97 Å². The van der Waals surface area contributed by atoms with Gasteiger partial charge in [0.1, 0.15) is 0 Å². The normalized spacial score (nSPS) is 9.82. The summed E-state index contributed by atoms with van der Waals surface area (Å²) in [4.78, 5) is 8.16. The topological polar surface area (TPSA) is 58.9 Å². The third-order valence-corrected chi connectivity index (χ3v) is 2.45. The molecular formula is C11H8ClN5. The van der Waals surface area contributed by atoms with Crippen molar-refractivity contribution in [2.24, 2.45) is 0 Å². The molecule has 3 rings (SSSR count). The molecule has 0 aromatic carbocycles. The van der Waals surface area contributed by atoms with E-state index in [1.165, 1.54) is 0 Å². The van der Waals surface area contributed by atoms with Crippen LogP contribution in [0, 0.1) is 12.8 Å². The minimum Gasteiger partial charge on any atom is -0.295 e. The van der Waals surface area contributed by atoms with Crippen LogP contribution in [-0.2, 0) is 0 Å². The molecule has 0 amide bonds. The lowest BCUT2D eigenvalue weighted by Gasteiger charge is -1.98. The van der Waals surface area contributed by atoms with Gasteiger partial charge in [0.05, 0.1) is 18.1 Å². The van der Waals surface area contributed by atoms with Gasteiger partial charge in [-0.1, -0.05) is 11.6 Å². The van der Waals surface area contributed by atoms with Crippen molar-refractivity contribution in [3.05, 3.63) is 36.1 Å². The van der Waals surface area contributed by atoms with Crippen molar-refractivity contribution in [3.63, 3.8) is 0 Å². The Bertz CT molecular complexity index is 638. The van der Waals surface area contributed by atoms with Crippen LogP contribution in [0.5, 0.6) is 0 Å². The zero-order valence-electron chi connectivity index (χ0n) is 8.71. The minimum absolute atomic E-state index is 0.396. The van der Waals surface area contributed by atoms with Crippen LogP contribution >= 0.6 is 11.6 Å². The van der Waals surface area contributed by atoms with E-state index >= 15 is 0 Å². The summed E-state index contributed by atoms with van der Waals surface area (Å²) in [5.41, 5.74) is 2.54. The Morgan fingerprint density at radius 2 is 2.06 bits per heavy atom. The Hall–Kier alpha value is -2.32. The van der Waals surface area contributed by atoms with Crippen molar-refractivity contribution < 1.29 is 0 Å². The molecule has 0 unspecified atom stereocenters.